The molecule has 0 aliphatic rings. The molecule has 0 saturated carbocycles. The number of ether oxygens (including phenoxy) is 1. The molecule has 1 amide bonds. The number of hydrogen-bond acceptors (Lipinski definition) is 3. The number of esters is 1. The Morgan fingerprint density at radius 1 is 1.17 bits per heavy atom. The number of carbonyl (C=O) groups excluding carboxylic acids is 2. The molecule has 0 radical (unpaired) electrons. The van der Waals surface area contributed by atoms with Gasteiger partial charge in [0.2, 0.25) is 5.91 Å². The lowest BCUT2D eigenvalue weighted by molar-refractivity contribution is -0.148. The van der Waals surface area contributed by atoms with Gasteiger partial charge < -0.3 is 10.1 Å². The van der Waals surface area contributed by atoms with Crippen molar-refractivity contribution in [2.75, 3.05) is 6.61 Å². The van der Waals surface area contributed by atoms with Gasteiger partial charge in [0, 0.05) is 6.92 Å². The van der Waals surface area contributed by atoms with Crippen LogP contribution in [0.25, 0.3) is 0 Å². The minimum absolute atomic E-state index is 0.191. The zero-order valence-electron chi connectivity index (χ0n) is 12.1. The highest BCUT2D eigenvalue weighted by Crippen LogP contribution is 2.07. The van der Waals surface area contributed by atoms with Gasteiger partial charge in [-0.1, -0.05) is 40.0 Å². The molecule has 4 nitrogen and oxygen atoms in total. The molecule has 4 heteroatoms. The highest BCUT2D eigenvalue weighted by molar-refractivity contribution is 5.83. The van der Waals surface area contributed by atoms with E-state index in [1.807, 2.05) is 13.8 Å². The van der Waals surface area contributed by atoms with Crippen LogP contribution in [0, 0.1) is 5.92 Å². The number of amides is 1. The summed E-state index contributed by atoms with van der Waals surface area (Å²) < 4.78 is 5.20. The highest BCUT2D eigenvalue weighted by Gasteiger charge is 2.21. The van der Waals surface area contributed by atoms with Gasteiger partial charge in [0.15, 0.2) is 0 Å². The summed E-state index contributed by atoms with van der Waals surface area (Å²) in [7, 11) is 0. The largest absolute Gasteiger partial charge is 0.464 e. The van der Waals surface area contributed by atoms with E-state index in [-0.39, 0.29) is 11.9 Å². The molecule has 0 aliphatic carbocycles. The van der Waals surface area contributed by atoms with Crippen molar-refractivity contribution in [3.8, 4) is 0 Å². The third kappa shape index (κ3) is 9.02. The summed E-state index contributed by atoms with van der Waals surface area (Å²) in [5, 5.41) is 2.65. The lowest BCUT2D eigenvalue weighted by Crippen LogP contribution is -2.41. The van der Waals surface area contributed by atoms with E-state index in [1.165, 1.54) is 13.3 Å². The fraction of sp³-hybridized carbons (Fsp3) is 0.857. The van der Waals surface area contributed by atoms with Crippen molar-refractivity contribution in [1.29, 1.82) is 0 Å². The maximum absolute atomic E-state index is 11.8. The Balaban J connectivity index is 4.00. The second kappa shape index (κ2) is 9.92. The Morgan fingerprint density at radius 2 is 1.83 bits per heavy atom. The maximum atomic E-state index is 11.8. The second-order valence-corrected chi connectivity index (χ2v) is 5.11. The van der Waals surface area contributed by atoms with Crippen molar-refractivity contribution in [2.45, 2.75) is 65.8 Å². The molecule has 0 aliphatic heterocycles. The minimum Gasteiger partial charge on any atom is -0.464 e. The minimum atomic E-state index is -0.506. The summed E-state index contributed by atoms with van der Waals surface area (Å²) in [6.07, 6.45) is 4.93. The van der Waals surface area contributed by atoms with Crippen molar-refractivity contribution < 1.29 is 14.3 Å². The normalized spacial score (nSPS) is 12.3. The summed E-state index contributed by atoms with van der Waals surface area (Å²) in [5.74, 6) is -0.159. The van der Waals surface area contributed by atoms with Crippen LogP contribution in [-0.2, 0) is 14.3 Å². The van der Waals surface area contributed by atoms with E-state index >= 15 is 0 Å². The number of hydrogen-bond donors (Lipinski definition) is 1. The van der Waals surface area contributed by atoms with Gasteiger partial charge in [-0.3, -0.25) is 4.79 Å². The average molecular weight is 257 g/mol. The summed E-state index contributed by atoms with van der Waals surface area (Å²) in [6, 6.07) is -0.506. The van der Waals surface area contributed by atoms with Crippen molar-refractivity contribution in [3.05, 3.63) is 0 Å². The Morgan fingerprint density at radius 3 is 2.33 bits per heavy atom. The first kappa shape index (κ1) is 16.9. The third-order valence-corrected chi connectivity index (χ3v) is 2.61. The molecule has 0 heterocycles. The Labute approximate surface area is 110 Å². The first-order chi connectivity index (χ1) is 8.47. The Kier molecular flexibility index (Phi) is 9.33. The standard InChI is InChI=1S/C14H27NO3/c1-5-6-7-8-9-18-14(17)13(10-11(2)3)15-12(4)16/h11,13H,5-10H2,1-4H3,(H,15,16). The van der Waals surface area contributed by atoms with E-state index in [0.717, 1.165) is 19.3 Å². The van der Waals surface area contributed by atoms with E-state index < -0.39 is 6.04 Å². The molecule has 18 heavy (non-hydrogen) atoms. The molecular formula is C14H27NO3. The zero-order chi connectivity index (χ0) is 14.0. The molecule has 1 unspecified atom stereocenters. The highest BCUT2D eigenvalue weighted by atomic mass is 16.5. The zero-order valence-corrected chi connectivity index (χ0v) is 12.1. The smallest absolute Gasteiger partial charge is 0.328 e. The second-order valence-electron chi connectivity index (χ2n) is 5.11. The average Bonchev–Trinajstić information content (AvgIpc) is 2.26. The molecule has 0 spiro atoms. The SMILES string of the molecule is CCCCCCOC(=O)C(CC(C)C)NC(C)=O. The topological polar surface area (TPSA) is 55.4 Å². The number of carbonyl (C=O) groups is 2. The van der Waals surface area contributed by atoms with E-state index in [2.05, 4.69) is 12.2 Å². The number of nitrogens with one attached hydrogen (secondary N) is 1. The van der Waals surface area contributed by atoms with Gasteiger partial charge in [-0.05, 0) is 18.8 Å². The quantitative estimate of drug-likeness (QED) is 0.510. The molecule has 106 valence electrons. The first-order valence-electron chi connectivity index (χ1n) is 6.91. The lowest BCUT2D eigenvalue weighted by atomic mass is 10.0. The van der Waals surface area contributed by atoms with Crippen LogP contribution in [0.15, 0.2) is 0 Å². The molecular weight excluding hydrogens is 230 g/mol. The van der Waals surface area contributed by atoms with Crippen LogP contribution < -0.4 is 5.32 Å². The fourth-order valence-corrected chi connectivity index (χ4v) is 1.73. The van der Waals surface area contributed by atoms with Gasteiger partial charge in [0.25, 0.3) is 0 Å². The van der Waals surface area contributed by atoms with Gasteiger partial charge in [-0.15, -0.1) is 0 Å². The maximum Gasteiger partial charge on any atom is 0.328 e. The van der Waals surface area contributed by atoms with E-state index in [1.54, 1.807) is 0 Å². The van der Waals surface area contributed by atoms with Crippen molar-refractivity contribution in [3.63, 3.8) is 0 Å². The molecule has 1 N–H and O–H groups in total. The molecule has 1 atom stereocenters. The van der Waals surface area contributed by atoms with Crippen LogP contribution in [0.2, 0.25) is 0 Å². The van der Waals surface area contributed by atoms with Gasteiger partial charge in [-0.2, -0.15) is 0 Å². The van der Waals surface area contributed by atoms with Crippen LogP contribution in [0.3, 0.4) is 0 Å². The molecule has 0 fully saturated rings. The van der Waals surface area contributed by atoms with Crippen LogP contribution in [0.5, 0.6) is 0 Å². The van der Waals surface area contributed by atoms with Crippen LogP contribution >= 0.6 is 0 Å². The molecule has 0 aromatic heterocycles. The number of unbranched alkanes of at least 4 members (excludes halogenated alkanes) is 3. The Bertz CT molecular complexity index is 251. The van der Waals surface area contributed by atoms with Gasteiger partial charge >= 0.3 is 5.97 Å². The fourth-order valence-electron chi connectivity index (χ4n) is 1.73. The lowest BCUT2D eigenvalue weighted by Gasteiger charge is -2.18. The van der Waals surface area contributed by atoms with Crippen molar-refractivity contribution >= 4 is 11.9 Å². The number of rotatable bonds is 9. The van der Waals surface area contributed by atoms with Gasteiger partial charge in [0.1, 0.15) is 6.04 Å². The predicted octanol–water partition coefficient (Wildman–Crippen LogP) is 2.66. The van der Waals surface area contributed by atoms with E-state index in [0.29, 0.717) is 18.9 Å². The monoisotopic (exact) mass is 257 g/mol. The molecule has 0 saturated heterocycles. The van der Waals surface area contributed by atoms with Crippen molar-refractivity contribution in [2.24, 2.45) is 5.92 Å². The molecule has 0 bridgehead atoms. The summed E-state index contributed by atoms with van der Waals surface area (Å²) in [4.78, 5) is 22.8. The van der Waals surface area contributed by atoms with Crippen LogP contribution in [-0.4, -0.2) is 24.5 Å². The Hall–Kier alpha value is -1.06. The molecule has 0 aromatic rings. The predicted molar refractivity (Wildman–Crippen MR) is 72.2 cm³/mol. The van der Waals surface area contributed by atoms with Crippen LogP contribution in [0.4, 0.5) is 0 Å². The van der Waals surface area contributed by atoms with E-state index in [4.69, 9.17) is 4.74 Å². The van der Waals surface area contributed by atoms with Gasteiger partial charge in [-0.25, -0.2) is 4.79 Å². The molecule has 0 rings (SSSR count). The van der Waals surface area contributed by atoms with Crippen molar-refractivity contribution in [1.82, 2.24) is 5.32 Å². The van der Waals surface area contributed by atoms with Gasteiger partial charge in [0.05, 0.1) is 6.61 Å². The molecule has 0 aromatic carbocycles. The summed E-state index contributed by atoms with van der Waals surface area (Å²) >= 11 is 0. The summed E-state index contributed by atoms with van der Waals surface area (Å²) in [5.41, 5.74) is 0. The van der Waals surface area contributed by atoms with E-state index in [9.17, 15) is 9.59 Å². The van der Waals surface area contributed by atoms with Crippen LogP contribution in [0.1, 0.15) is 59.8 Å². The first-order valence-corrected chi connectivity index (χ1v) is 6.91. The summed E-state index contributed by atoms with van der Waals surface area (Å²) in [6.45, 7) is 8.04. The third-order valence-electron chi connectivity index (χ3n) is 2.61.